The molecule has 0 bridgehead atoms. The summed E-state index contributed by atoms with van der Waals surface area (Å²) in [7, 11) is 0. The van der Waals surface area contributed by atoms with Gasteiger partial charge in [0.25, 0.3) is 23.9 Å². The Morgan fingerprint density at radius 3 is 0.650 bits per heavy atom. The minimum Gasteiger partial charge on any atom is -0.481 e. The van der Waals surface area contributed by atoms with E-state index in [1.54, 1.807) is 0 Å². The molecule has 0 aliphatic rings. The molecule has 0 saturated carbocycles. The van der Waals surface area contributed by atoms with Crippen molar-refractivity contribution in [3.8, 4) is 0 Å². The summed E-state index contributed by atoms with van der Waals surface area (Å²) in [6, 6.07) is 0. The summed E-state index contributed by atoms with van der Waals surface area (Å²) in [5.74, 6) is -8.24. The predicted octanol–water partition coefficient (Wildman–Crippen LogP) is -1.58. The first kappa shape index (κ1) is 52.1. The lowest BCUT2D eigenvalue weighted by Gasteiger charge is -2.23. The van der Waals surface area contributed by atoms with Crippen LogP contribution in [0.4, 0.5) is 0 Å². The smallest absolute Gasteiger partial charge is 0.317 e. The zero-order valence-electron chi connectivity index (χ0n) is 23.0. The largest absolute Gasteiger partial charge is 0.481 e. The Labute approximate surface area is 229 Å². The molecular weight excluding hydrogens is 552 g/mol. The third kappa shape index (κ3) is 130. The number of rotatable bonds is 11. The van der Waals surface area contributed by atoms with Crippen molar-refractivity contribution >= 4 is 47.8 Å². The van der Waals surface area contributed by atoms with E-state index in [4.69, 9.17) is 65.8 Å². The molecule has 0 atom stereocenters. The van der Waals surface area contributed by atoms with Gasteiger partial charge < -0.3 is 52.7 Å². The number of carboxylic acid groups (broad SMARTS) is 8. The van der Waals surface area contributed by atoms with Gasteiger partial charge in [-0.15, -0.1) is 0 Å². The van der Waals surface area contributed by atoms with Crippen molar-refractivity contribution in [2.75, 3.05) is 45.8 Å². The van der Waals surface area contributed by atoms with E-state index in [0.29, 0.717) is 0 Å². The number of carboxylic acids is 8. The number of nitrogens with zero attached hydrogens (tertiary/aromatic N) is 2. The van der Waals surface area contributed by atoms with Gasteiger partial charge >= 0.3 is 23.9 Å². The van der Waals surface area contributed by atoms with Crippen LogP contribution in [0.15, 0.2) is 0 Å². The second kappa shape index (κ2) is 36.8. The van der Waals surface area contributed by atoms with Gasteiger partial charge in [0, 0.05) is 40.8 Å². The highest BCUT2D eigenvalue weighted by molar-refractivity contribution is 5.73. The minimum absolute atomic E-state index is 0. The summed E-state index contributed by atoms with van der Waals surface area (Å²) in [6.45, 7) is 4.74. The maximum atomic E-state index is 10.6. The summed E-state index contributed by atoms with van der Waals surface area (Å²) >= 11 is 0. The number of carbonyl (C=O) groups is 8. The van der Waals surface area contributed by atoms with E-state index in [-0.39, 0.29) is 19.2 Å². The van der Waals surface area contributed by atoms with E-state index in [1.165, 1.54) is 0 Å². The fourth-order valence-corrected chi connectivity index (χ4v) is 1.48. The maximum Gasteiger partial charge on any atom is 0.317 e. The first-order valence-corrected chi connectivity index (χ1v) is 10.3. The number of hydrogen-bond acceptors (Lipinski definition) is 12. The van der Waals surface area contributed by atoms with Crippen LogP contribution in [-0.2, 0) is 38.4 Å². The van der Waals surface area contributed by atoms with E-state index < -0.39 is 73.9 Å². The highest BCUT2D eigenvalue weighted by atomic mass is 16.4. The Balaban J connectivity index is -0.0000000883. The summed E-state index contributed by atoms with van der Waals surface area (Å²) in [6.07, 6.45) is 0. The summed E-state index contributed by atoms with van der Waals surface area (Å²) < 4.78 is 0. The van der Waals surface area contributed by atoms with Gasteiger partial charge in [-0.1, -0.05) is 6.92 Å². The van der Waals surface area contributed by atoms with Crippen molar-refractivity contribution in [1.29, 1.82) is 0 Å². The normalized spacial score (nSPS) is 8.30. The predicted molar refractivity (Wildman–Crippen MR) is 136 cm³/mol. The van der Waals surface area contributed by atoms with Gasteiger partial charge in [0.2, 0.25) is 0 Å². The fraction of sp³-hybridized carbons (Fsp3) is 0.600. The Morgan fingerprint density at radius 1 is 0.475 bits per heavy atom. The van der Waals surface area contributed by atoms with Crippen LogP contribution >= 0.6 is 0 Å². The molecular formula is C20H42N4O16. The van der Waals surface area contributed by atoms with Crippen molar-refractivity contribution in [2.45, 2.75) is 34.6 Å². The van der Waals surface area contributed by atoms with Gasteiger partial charge in [-0.25, -0.2) is 0 Å². The average molecular weight is 595 g/mol. The molecule has 0 heterocycles. The van der Waals surface area contributed by atoms with E-state index in [2.05, 4.69) is 0 Å². The van der Waals surface area contributed by atoms with Crippen LogP contribution in [0.3, 0.4) is 0 Å². The van der Waals surface area contributed by atoms with Crippen LogP contribution in [-0.4, -0.2) is 144 Å². The molecule has 0 amide bonds. The topological polar surface area (TPSA) is 366 Å². The van der Waals surface area contributed by atoms with Crippen LogP contribution in [0.2, 0.25) is 0 Å². The molecule has 0 aliphatic carbocycles. The average Bonchev–Trinajstić information content (AvgIpc) is 2.63. The molecule has 0 fully saturated rings. The van der Waals surface area contributed by atoms with Crippen molar-refractivity contribution in [2.24, 2.45) is 5.73 Å². The molecule has 0 aromatic rings. The first-order chi connectivity index (χ1) is 17.5. The molecule has 0 saturated heterocycles. The zero-order valence-corrected chi connectivity index (χ0v) is 23.0. The van der Waals surface area contributed by atoms with Crippen molar-refractivity contribution in [1.82, 2.24) is 16.0 Å². The standard InChI is InChI=1S/C10H16N2O8.C2H7N.4C2H4O2.H3N/c13-7(14)3-11(4-8(15)16)1-2-12(5-9(17)18)6-10(19)20;1-2-3;4*1-2(3)4;/h1-6H2,(H,13,14)(H,15,16)(H,17,18)(H,19,20);2-3H2,1H3;4*1H3,(H,3,4);1H3. The highest BCUT2D eigenvalue weighted by Gasteiger charge is 2.18. The molecule has 0 aromatic heterocycles. The molecule has 0 rings (SSSR count). The van der Waals surface area contributed by atoms with E-state index in [0.717, 1.165) is 44.0 Å². The van der Waals surface area contributed by atoms with Crippen molar-refractivity contribution in [3.63, 3.8) is 0 Å². The summed E-state index contributed by atoms with van der Waals surface area (Å²) in [5.41, 5.74) is 4.85. The second-order valence-corrected chi connectivity index (χ2v) is 6.48. The van der Waals surface area contributed by atoms with Gasteiger partial charge in [0.1, 0.15) is 0 Å². The minimum atomic E-state index is -1.23. The van der Waals surface area contributed by atoms with Crippen LogP contribution in [0.5, 0.6) is 0 Å². The maximum absolute atomic E-state index is 10.6. The van der Waals surface area contributed by atoms with Gasteiger partial charge in [0.05, 0.1) is 26.2 Å². The van der Waals surface area contributed by atoms with Gasteiger partial charge in [0.15, 0.2) is 0 Å². The lowest BCUT2D eigenvalue weighted by Crippen LogP contribution is -2.43. The third-order valence-corrected chi connectivity index (χ3v) is 2.17. The van der Waals surface area contributed by atoms with E-state index >= 15 is 0 Å². The second-order valence-electron chi connectivity index (χ2n) is 6.48. The molecule has 20 nitrogen and oxygen atoms in total. The molecule has 0 radical (unpaired) electrons. The molecule has 20 heteroatoms. The number of aliphatic carboxylic acids is 8. The molecule has 0 aromatic carbocycles. The van der Waals surface area contributed by atoms with Crippen LogP contribution in [0.1, 0.15) is 34.6 Å². The first-order valence-electron chi connectivity index (χ1n) is 10.3. The van der Waals surface area contributed by atoms with Crippen LogP contribution in [0, 0.1) is 0 Å². The third-order valence-electron chi connectivity index (χ3n) is 2.17. The van der Waals surface area contributed by atoms with Gasteiger partial charge in [-0.3, -0.25) is 48.2 Å². The molecule has 0 aliphatic heterocycles. The number of nitrogens with two attached hydrogens (primary N) is 1. The Morgan fingerprint density at radius 2 is 0.575 bits per heavy atom. The quantitative estimate of drug-likeness (QED) is 0.129. The highest BCUT2D eigenvalue weighted by Crippen LogP contribution is 1.94. The molecule has 238 valence electrons. The monoisotopic (exact) mass is 594 g/mol. The lowest BCUT2D eigenvalue weighted by molar-refractivity contribution is -0.145. The Bertz CT molecular complexity index is 614. The summed E-state index contributed by atoms with van der Waals surface area (Å²) in [5, 5.41) is 64.1. The molecule has 13 N–H and O–H groups in total. The molecule has 40 heavy (non-hydrogen) atoms. The zero-order chi connectivity index (χ0) is 32.7. The number of hydrogen-bond donors (Lipinski definition) is 10. The van der Waals surface area contributed by atoms with Crippen LogP contribution in [0.25, 0.3) is 0 Å². The lowest BCUT2D eigenvalue weighted by atomic mass is 10.4. The molecule has 0 unspecified atom stereocenters. The fourth-order valence-electron chi connectivity index (χ4n) is 1.48. The molecule has 0 spiro atoms. The van der Waals surface area contributed by atoms with Gasteiger partial charge in [-0.2, -0.15) is 0 Å². The van der Waals surface area contributed by atoms with E-state index in [9.17, 15) is 19.2 Å². The Kier molecular flexibility index (Phi) is 47.9. The van der Waals surface area contributed by atoms with Crippen molar-refractivity contribution in [3.05, 3.63) is 0 Å². The van der Waals surface area contributed by atoms with Crippen LogP contribution < -0.4 is 11.9 Å². The Hall–Kier alpha value is -4.40. The van der Waals surface area contributed by atoms with E-state index in [1.807, 2.05) is 6.92 Å². The SMILES string of the molecule is CC(=O)O.CC(=O)O.CC(=O)O.CC(=O)O.CCN.N.O=C(O)CN(CCN(CC(=O)O)CC(=O)O)CC(=O)O. The summed E-state index contributed by atoms with van der Waals surface area (Å²) in [4.78, 5) is 80.4. The van der Waals surface area contributed by atoms with Gasteiger partial charge in [-0.05, 0) is 6.54 Å². The van der Waals surface area contributed by atoms with Crippen molar-refractivity contribution < 1.29 is 79.2 Å².